The summed E-state index contributed by atoms with van der Waals surface area (Å²) in [5.74, 6) is 0. The monoisotopic (exact) mass is 378 g/mol. The van der Waals surface area contributed by atoms with E-state index in [4.69, 9.17) is 11.6 Å². The van der Waals surface area contributed by atoms with Gasteiger partial charge in [0.1, 0.15) is 0 Å². The largest absolute Gasteiger partial charge is 0.130 e. The van der Waals surface area contributed by atoms with Crippen LogP contribution in [0.15, 0.2) is 38.6 Å². The molecule has 1 aromatic heterocycles. The van der Waals surface area contributed by atoms with Crippen LogP contribution in [0.25, 0.3) is 0 Å². The molecule has 0 aliphatic carbocycles. The van der Waals surface area contributed by atoms with Crippen molar-refractivity contribution in [2.24, 2.45) is 0 Å². The predicted molar refractivity (Wildman–Crippen MR) is 78.6 cm³/mol. The maximum Gasteiger partial charge on any atom is 0.0928 e. The van der Waals surface area contributed by atoms with Crippen LogP contribution >= 0.6 is 54.8 Å². The van der Waals surface area contributed by atoms with Crippen LogP contribution < -0.4 is 0 Å². The number of alkyl halides is 1. The molecule has 1 unspecified atom stereocenters. The minimum Gasteiger partial charge on any atom is -0.130 e. The number of hydrogen-bond donors (Lipinski definition) is 0. The number of hydrogen-bond acceptors (Lipinski definition) is 1. The maximum atomic E-state index is 6.46. The number of thiophene rings is 1. The molecule has 0 amide bonds. The second-order valence-electron chi connectivity index (χ2n) is 3.55. The van der Waals surface area contributed by atoms with Crippen LogP contribution in [-0.2, 0) is 0 Å². The minimum atomic E-state index is -0.0764. The third kappa shape index (κ3) is 2.70. The highest BCUT2D eigenvalue weighted by Crippen LogP contribution is 2.40. The van der Waals surface area contributed by atoms with Gasteiger partial charge >= 0.3 is 0 Å². The smallest absolute Gasteiger partial charge is 0.0928 e. The van der Waals surface area contributed by atoms with Crippen molar-refractivity contribution in [1.82, 2.24) is 0 Å². The molecule has 0 radical (unpaired) electrons. The van der Waals surface area contributed by atoms with Gasteiger partial charge < -0.3 is 0 Å². The van der Waals surface area contributed by atoms with Crippen LogP contribution in [0.4, 0.5) is 0 Å². The summed E-state index contributed by atoms with van der Waals surface area (Å²) in [6.45, 7) is 2.08. The van der Waals surface area contributed by atoms with Gasteiger partial charge in [0.25, 0.3) is 0 Å². The summed E-state index contributed by atoms with van der Waals surface area (Å²) in [6, 6.07) is 10.4. The molecule has 0 fully saturated rings. The second kappa shape index (κ2) is 5.21. The van der Waals surface area contributed by atoms with E-state index in [-0.39, 0.29) is 5.38 Å². The molecule has 0 saturated heterocycles. The van der Waals surface area contributed by atoms with Crippen LogP contribution in [0.3, 0.4) is 0 Å². The third-order valence-electron chi connectivity index (χ3n) is 2.25. The average Bonchev–Trinajstić information content (AvgIpc) is 2.58. The first-order valence-corrected chi connectivity index (χ1v) is 7.57. The van der Waals surface area contributed by atoms with Crippen molar-refractivity contribution < 1.29 is 0 Å². The quantitative estimate of drug-likeness (QED) is 0.568. The lowest BCUT2D eigenvalue weighted by atomic mass is 10.1. The van der Waals surface area contributed by atoms with Gasteiger partial charge in [-0.15, -0.1) is 22.9 Å². The molecule has 2 rings (SSSR count). The highest BCUT2D eigenvalue weighted by atomic mass is 79.9. The van der Waals surface area contributed by atoms with Crippen LogP contribution in [0.2, 0.25) is 0 Å². The Morgan fingerprint density at radius 2 is 2.00 bits per heavy atom. The maximum absolute atomic E-state index is 6.46. The van der Waals surface area contributed by atoms with Crippen molar-refractivity contribution in [3.8, 4) is 0 Å². The van der Waals surface area contributed by atoms with E-state index in [1.54, 1.807) is 11.3 Å². The van der Waals surface area contributed by atoms with E-state index in [9.17, 15) is 0 Å². The molecule has 2 aromatic rings. The van der Waals surface area contributed by atoms with E-state index in [1.165, 1.54) is 5.56 Å². The van der Waals surface area contributed by atoms with Crippen molar-refractivity contribution in [3.05, 3.63) is 54.6 Å². The lowest BCUT2D eigenvalue weighted by Crippen LogP contribution is -1.90. The summed E-state index contributed by atoms with van der Waals surface area (Å²) >= 11 is 15.1. The van der Waals surface area contributed by atoms with Crippen LogP contribution in [0.5, 0.6) is 0 Å². The SMILES string of the molecule is Cc1cccc(C(Cl)c2cc(Br)c(Br)s2)c1. The van der Waals surface area contributed by atoms with E-state index in [0.29, 0.717) is 0 Å². The molecular weight excluding hydrogens is 371 g/mol. The number of halogens is 3. The minimum absolute atomic E-state index is 0.0764. The molecule has 0 nitrogen and oxygen atoms in total. The summed E-state index contributed by atoms with van der Waals surface area (Å²) in [6.07, 6.45) is 0. The van der Waals surface area contributed by atoms with E-state index in [2.05, 4.69) is 63.0 Å². The molecular formula is C12H9Br2ClS. The molecule has 0 saturated carbocycles. The Bertz CT molecular complexity index is 488. The van der Waals surface area contributed by atoms with Gasteiger partial charge in [-0.25, -0.2) is 0 Å². The Balaban J connectivity index is 2.35. The predicted octanol–water partition coefficient (Wildman–Crippen LogP) is 5.91. The van der Waals surface area contributed by atoms with Crippen molar-refractivity contribution in [2.45, 2.75) is 12.3 Å². The summed E-state index contributed by atoms with van der Waals surface area (Å²) in [5.41, 5.74) is 2.38. The zero-order valence-electron chi connectivity index (χ0n) is 8.51. The molecule has 0 aliphatic rings. The number of benzene rings is 1. The third-order valence-corrected chi connectivity index (χ3v) is 6.19. The fourth-order valence-electron chi connectivity index (χ4n) is 1.48. The summed E-state index contributed by atoms with van der Waals surface area (Å²) in [7, 11) is 0. The molecule has 0 spiro atoms. The highest BCUT2D eigenvalue weighted by molar-refractivity contribution is 9.13. The average molecular weight is 381 g/mol. The van der Waals surface area contributed by atoms with Gasteiger partial charge in [0.15, 0.2) is 0 Å². The Hall–Kier alpha value is 0.170. The van der Waals surface area contributed by atoms with E-state index >= 15 is 0 Å². The molecule has 4 heteroatoms. The normalized spacial score (nSPS) is 12.8. The molecule has 0 bridgehead atoms. The summed E-state index contributed by atoms with van der Waals surface area (Å²) < 4.78 is 2.15. The van der Waals surface area contributed by atoms with Crippen molar-refractivity contribution in [2.75, 3.05) is 0 Å². The molecule has 16 heavy (non-hydrogen) atoms. The van der Waals surface area contributed by atoms with Crippen LogP contribution in [0.1, 0.15) is 21.4 Å². The first kappa shape index (κ1) is 12.6. The standard InChI is InChI=1S/C12H9Br2ClS/c1-7-3-2-4-8(5-7)11(15)10-6-9(13)12(14)16-10/h2-6,11H,1H3. The van der Waals surface area contributed by atoms with Gasteiger partial charge in [-0.3, -0.25) is 0 Å². The van der Waals surface area contributed by atoms with Crippen molar-refractivity contribution >= 4 is 54.8 Å². The van der Waals surface area contributed by atoms with E-state index in [0.717, 1.165) is 18.7 Å². The first-order valence-electron chi connectivity index (χ1n) is 4.73. The highest BCUT2D eigenvalue weighted by Gasteiger charge is 2.15. The molecule has 0 N–H and O–H groups in total. The Labute approximate surface area is 121 Å². The molecule has 1 heterocycles. The van der Waals surface area contributed by atoms with Crippen LogP contribution in [-0.4, -0.2) is 0 Å². The van der Waals surface area contributed by atoms with Crippen molar-refractivity contribution in [3.63, 3.8) is 0 Å². The Kier molecular flexibility index (Phi) is 4.11. The summed E-state index contributed by atoms with van der Waals surface area (Å²) in [5, 5.41) is -0.0764. The zero-order valence-corrected chi connectivity index (χ0v) is 13.3. The van der Waals surface area contributed by atoms with Gasteiger partial charge in [0, 0.05) is 9.35 Å². The molecule has 1 atom stereocenters. The van der Waals surface area contributed by atoms with E-state index < -0.39 is 0 Å². The number of aryl methyl sites for hydroxylation is 1. The lowest BCUT2D eigenvalue weighted by Gasteiger charge is -2.08. The fraction of sp³-hybridized carbons (Fsp3) is 0.167. The fourth-order valence-corrected chi connectivity index (χ4v) is 3.91. The van der Waals surface area contributed by atoms with Gasteiger partial charge in [-0.05, 0) is 50.4 Å². The molecule has 1 aromatic carbocycles. The molecule has 84 valence electrons. The van der Waals surface area contributed by atoms with E-state index in [1.807, 2.05) is 6.07 Å². The Morgan fingerprint density at radius 3 is 2.56 bits per heavy atom. The Morgan fingerprint density at radius 1 is 1.25 bits per heavy atom. The first-order chi connectivity index (χ1) is 7.58. The zero-order chi connectivity index (χ0) is 11.7. The summed E-state index contributed by atoms with van der Waals surface area (Å²) in [4.78, 5) is 1.14. The molecule has 0 aliphatic heterocycles. The van der Waals surface area contributed by atoms with Gasteiger partial charge in [-0.1, -0.05) is 29.8 Å². The second-order valence-corrected chi connectivity index (χ2v) is 7.24. The van der Waals surface area contributed by atoms with Crippen LogP contribution in [0, 0.1) is 6.92 Å². The van der Waals surface area contributed by atoms with Crippen molar-refractivity contribution in [1.29, 1.82) is 0 Å². The van der Waals surface area contributed by atoms with Gasteiger partial charge in [-0.2, -0.15) is 0 Å². The number of rotatable bonds is 2. The topological polar surface area (TPSA) is 0 Å². The van der Waals surface area contributed by atoms with Gasteiger partial charge in [0.2, 0.25) is 0 Å². The van der Waals surface area contributed by atoms with Gasteiger partial charge in [0.05, 0.1) is 9.16 Å². The lowest BCUT2D eigenvalue weighted by molar-refractivity contribution is 1.17.